The molecule has 0 aromatic heterocycles. The van der Waals surface area contributed by atoms with Gasteiger partial charge in [0.2, 0.25) is 88.6 Å². The average molecular weight is 1130 g/mol. The smallest absolute Gasteiger partial charge is 0.327 e. The number of aliphatic carboxylic acids is 1. The van der Waals surface area contributed by atoms with Gasteiger partial charge in [-0.1, -0.05) is 0 Å². The van der Waals surface area contributed by atoms with E-state index in [0.29, 0.717) is 0 Å². The number of nitrogens with zero attached hydrogens (tertiary/aromatic N) is 3. The van der Waals surface area contributed by atoms with Gasteiger partial charge in [0.05, 0.1) is 83.0 Å². The van der Waals surface area contributed by atoms with Crippen molar-refractivity contribution in [3.8, 4) is 0 Å². The van der Waals surface area contributed by atoms with Gasteiger partial charge in [0, 0.05) is 57.2 Å². The Morgan fingerprint density at radius 3 is 1.10 bits per heavy atom. The van der Waals surface area contributed by atoms with Crippen molar-refractivity contribution in [2.45, 2.75) is 37.4 Å². The zero-order valence-corrected chi connectivity index (χ0v) is 43.3. The molecule has 0 spiro atoms. The third-order valence-electron chi connectivity index (χ3n) is 10.9. The lowest BCUT2D eigenvalue weighted by Crippen LogP contribution is -2.53. The number of rotatable bonds is 1. The molecule has 0 saturated carbocycles. The van der Waals surface area contributed by atoms with Crippen molar-refractivity contribution in [1.82, 2.24) is 78.5 Å². The number of fused-ring (bicyclic) bond motifs is 8. The summed E-state index contributed by atoms with van der Waals surface area (Å²) in [4.78, 5) is 208. The number of hydrogen-bond acceptors (Lipinski definition) is 19. The summed E-state index contributed by atoms with van der Waals surface area (Å²) in [5.74, 6) is -14.5. The Kier molecular flexibility index (Phi) is 28.0. The minimum atomic E-state index is -1.53. The maximum absolute atomic E-state index is 13.9. The summed E-state index contributed by atoms with van der Waals surface area (Å²) in [6.45, 7) is -6.86. The number of amides is 15. The minimum Gasteiger partial charge on any atom is -0.480 e. The molecule has 3 rings (SSSR count). The van der Waals surface area contributed by atoms with Crippen LogP contribution in [0.3, 0.4) is 0 Å². The van der Waals surface area contributed by atoms with E-state index in [9.17, 15) is 81.8 Å². The van der Waals surface area contributed by atoms with Crippen LogP contribution in [-0.4, -0.2) is 260 Å². The topological polar surface area (TPSA) is 473 Å². The highest BCUT2D eigenvalue weighted by molar-refractivity contribution is 8.00. The van der Waals surface area contributed by atoms with E-state index in [1.807, 2.05) is 0 Å². The Hall–Kier alpha value is -7.82. The van der Waals surface area contributed by atoms with Crippen molar-refractivity contribution in [3.63, 3.8) is 0 Å². The molecule has 33 nitrogen and oxygen atoms in total. The van der Waals surface area contributed by atoms with Gasteiger partial charge in [-0.3, -0.25) is 71.9 Å². The van der Waals surface area contributed by atoms with Crippen molar-refractivity contribution in [3.05, 3.63) is 0 Å². The maximum atomic E-state index is 13.9. The summed E-state index contributed by atoms with van der Waals surface area (Å²) in [7, 11) is 0. The van der Waals surface area contributed by atoms with Crippen LogP contribution in [0.5, 0.6) is 0 Å². The van der Waals surface area contributed by atoms with Crippen LogP contribution in [0, 0.1) is 0 Å². The first-order valence-corrected chi connectivity index (χ1v) is 26.2. The summed E-state index contributed by atoms with van der Waals surface area (Å²) in [6, 6.07) is -4.16. The van der Waals surface area contributed by atoms with E-state index in [2.05, 4.69) is 63.8 Å². The number of carboxylic acid groups (broad SMARTS) is 1. The van der Waals surface area contributed by atoms with E-state index in [-0.39, 0.29) is 81.5 Å². The molecule has 3 aliphatic rings. The molecule has 426 valence electrons. The van der Waals surface area contributed by atoms with Crippen molar-refractivity contribution in [2.75, 3.05) is 128 Å². The number of carboxylic acids is 1. The quantitative estimate of drug-likeness (QED) is 0.116. The standard InChI is InChI=1S/C42H64N16O17S2/c43-24-2-1-3-37(69)56-4-6-57-8-9-58(7-5-56)39(71)23-77-21-26(42(74)75)55-36(68)19-51-32(64)15-47-28(60)11-45-30(62)13-49-34(66)17-53-41(73)25(20-76-22-38(57)70)54-35(67)18-50-31(63)14-46-27(59)10-44-29(61)12-48-33(65)16-52-40(24)72/h24-26H,1-23,43H2,(H,44,61)(H,45,62)(H,46,59)(H,47,60)(H,48,65)(H,49,66)(H,50,63)(H,51,64)(H,52,72)(H,53,73)(H,54,67)(H,55,68)(H,74,75)/t24-,25-,26-/m0/s1. The second kappa shape index (κ2) is 34.0. The lowest BCUT2D eigenvalue weighted by atomic mass is 10.1. The Morgan fingerprint density at radius 2 is 0.727 bits per heavy atom. The normalized spacial score (nSPS) is 23.6. The van der Waals surface area contributed by atoms with Gasteiger partial charge in [-0.05, 0) is 12.8 Å². The minimum absolute atomic E-state index is 0.0136. The van der Waals surface area contributed by atoms with Gasteiger partial charge in [-0.15, -0.1) is 23.5 Å². The molecule has 3 heterocycles. The maximum Gasteiger partial charge on any atom is 0.327 e. The molecule has 0 unspecified atom stereocenters. The Labute approximate surface area is 448 Å². The van der Waals surface area contributed by atoms with Crippen LogP contribution < -0.4 is 69.5 Å². The molecule has 3 atom stereocenters. The third-order valence-corrected chi connectivity index (χ3v) is 13.0. The molecule has 15 amide bonds. The van der Waals surface area contributed by atoms with Crippen LogP contribution in [0.25, 0.3) is 0 Å². The van der Waals surface area contributed by atoms with Gasteiger partial charge < -0.3 is 89.3 Å². The van der Waals surface area contributed by atoms with E-state index in [0.717, 1.165) is 23.5 Å². The molecule has 0 aromatic carbocycles. The summed E-state index contributed by atoms with van der Waals surface area (Å²) < 4.78 is 0. The molecular formula is C42H64N16O17S2. The highest BCUT2D eigenvalue weighted by Gasteiger charge is 2.28. The Balaban J connectivity index is 1.90. The SMILES string of the molecule is N[C@H]1CCCC(=O)N2CCN3CCN(CC2)C(=O)CSC[C@H](NC(=O)CNC(=O)CNC(=O)CNC(=O)CNC(=O)CNC1=O)C(=O)NCC(=O)NCC(=O)NCC(=O)NCC(=O)NCC(=O)N[C@H](C(=O)O)CSCC3=O. The van der Waals surface area contributed by atoms with Crippen molar-refractivity contribution in [2.24, 2.45) is 5.73 Å². The first-order chi connectivity index (χ1) is 36.6. The summed E-state index contributed by atoms with van der Waals surface area (Å²) in [5, 5.41) is 36.7. The molecule has 77 heavy (non-hydrogen) atoms. The fourth-order valence-electron chi connectivity index (χ4n) is 6.65. The summed E-state index contributed by atoms with van der Waals surface area (Å²) in [6.07, 6.45) is -0.0630. The van der Waals surface area contributed by atoms with Gasteiger partial charge in [-0.25, -0.2) is 4.79 Å². The number of hydrogen-bond donors (Lipinski definition) is 14. The molecule has 0 aliphatic carbocycles. The van der Waals surface area contributed by atoms with E-state index >= 15 is 0 Å². The fourth-order valence-corrected chi connectivity index (χ4v) is 8.53. The lowest BCUT2D eigenvalue weighted by molar-refractivity contribution is -0.141. The number of nitrogens with two attached hydrogens (primary N) is 1. The van der Waals surface area contributed by atoms with Crippen LogP contribution in [0.15, 0.2) is 0 Å². The molecule has 15 N–H and O–H groups in total. The van der Waals surface area contributed by atoms with Crippen LogP contribution in [-0.2, 0) is 76.7 Å². The molecule has 4 bridgehead atoms. The molecule has 3 fully saturated rings. The van der Waals surface area contributed by atoms with Gasteiger partial charge >= 0.3 is 5.97 Å². The predicted octanol–water partition coefficient (Wildman–Crippen LogP) is -11.3. The van der Waals surface area contributed by atoms with Crippen molar-refractivity contribution < 1.29 is 81.8 Å². The molecule has 0 aromatic rings. The zero-order chi connectivity index (χ0) is 56.9. The monoisotopic (exact) mass is 1130 g/mol. The molecule has 3 aliphatic heterocycles. The second-order valence-corrected chi connectivity index (χ2v) is 19.0. The number of carbonyl (C=O) groups excluding carboxylic acids is 15. The molecule has 35 heteroatoms. The molecule has 3 saturated heterocycles. The second-order valence-electron chi connectivity index (χ2n) is 16.9. The Morgan fingerprint density at radius 1 is 0.416 bits per heavy atom. The van der Waals surface area contributed by atoms with Gasteiger partial charge in [0.1, 0.15) is 12.1 Å². The fraction of sp³-hybridized carbons (Fsp3) is 0.619. The van der Waals surface area contributed by atoms with Crippen LogP contribution in [0.4, 0.5) is 0 Å². The predicted molar refractivity (Wildman–Crippen MR) is 268 cm³/mol. The zero-order valence-electron chi connectivity index (χ0n) is 41.7. The largest absolute Gasteiger partial charge is 0.480 e. The van der Waals surface area contributed by atoms with Gasteiger partial charge in [0.15, 0.2) is 0 Å². The van der Waals surface area contributed by atoms with Gasteiger partial charge in [0.25, 0.3) is 0 Å². The highest BCUT2D eigenvalue weighted by atomic mass is 32.2. The van der Waals surface area contributed by atoms with E-state index < -0.39 is 178 Å². The van der Waals surface area contributed by atoms with Crippen LogP contribution >= 0.6 is 23.5 Å². The van der Waals surface area contributed by atoms with Crippen molar-refractivity contribution >= 4 is 118 Å². The first-order valence-electron chi connectivity index (χ1n) is 23.8. The molecular weight excluding hydrogens is 1060 g/mol. The number of nitrogens with one attached hydrogen (secondary N) is 12. The summed E-state index contributed by atoms with van der Waals surface area (Å²) in [5.41, 5.74) is 6.03. The average Bonchev–Trinajstić information content (AvgIpc) is 3.51. The number of carbonyl (C=O) groups is 16. The van der Waals surface area contributed by atoms with Gasteiger partial charge in [-0.2, -0.15) is 0 Å². The highest BCUT2D eigenvalue weighted by Crippen LogP contribution is 2.12. The van der Waals surface area contributed by atoms with E-state index in [1.54, 1.807) is 0 Å². The number of thioether (sulfide) groups is 2. The summed E-state index contributed by atoms with van der Waals surface area (Å²) >= 11 is 1.72. The first kappa shape index (κ1) is 63.5. The lowest BCUT2D eigenvalue weighted by Gasteiger charge is -2.26. The van der Waals surface area contributed by atoms with Crippen LogP contribution in [0.1, 0.15) is 19.3 Å². The van der Waals surface area contributed by atoms with Crippen LogP contribution in [0.2, 0.25) is 0 Å². The van der Waals surface area contributed by atoms with Crippen molar-refractivity contribution in [1.29, 1.82) is 0 Å². The Bertz CT molecular complexity index is 2240. The molecule has 0 radical (unpaired) electrons. The van der Waals surface area contributed by atoms with E-state index in [4.69, 9.17) is 5.73 Å². The van der Waals surface area contributed by atoms with E-state index in [1.165, 1.54) is 14.7 Å². The third kappa shape index (κ3) is 26.0.